The fraction of sp³-hybridized carbons (Fsp3) is 0.391. The van der Waals surface area contributed by atoms with E-state index in [0.717, 1.165) is 12.8 Å². The van der Waals surface area contributed by atoms with Gasteiger partial charge in [0, 0.05) is 30.9 Å². The number of benzene rings is 1. The van der Waals surface area contributed by atoms with E-state index in [1.807, 2.05) is 0 Å². The van der Waals surface area contributed by atoms with E-state index in [-0.39, 0.29) is 29.2 Å². The second-order valence-corrected chi connectivity index (χ2v) is 8.75. The number of nitrogens with one attached hydrogen (secondary N) is 1. The van der Waals surface area contributed by atoms with Crippen molar-refractivity contribution in [1.82, 2.24) is 24.4 Å². The molecule has 0 unspecified atom stereocenters. The number of pyridine rings is 1. The van der Waals surface area contributed by atoms with Gasteiger partial charge in [-0.05, 0) is 73.6 Å². The van der Waals surface area contributed by atoms with Gasteiger partial charge < -0.3 is 15.3 Å². The van der Waals surface area contributed by atoms with Crippen LogP contribution in [0, 0.1) is 12.7 Å². The Morgan fingerprint density at radius 2 is 1.88 bits per heavy atom. The van der Waals surface area contributed by atoms with Gasteiger partial charge in [-0.15, -0.1) is 5.10 Å². The van der Waals surface area contributed by atoms with Crippen molar-refractivity contribution in [3.8, 4) is 11.1 Å². The highest BCUT2D eigenvalue weighted by Gasteiger charge is 2.27. The van der Waals surface area contributed by atoms with Gasteiger partial charge in [0.1, 0.15) is 5.82 Å². The van der Waals surface area contributed by atoms with Crippen molar-refractivity contribution >= 4 is 17.6 Å². The van der Waals surface area contributed by atoms with Gasteiger partial charge in [-0.3, -0.25) is 9.20 Å². The second-order valence-electron chi connectivity index (χ2n) is 8.75. The van der Waals surface area contributed by atoms with Gasteiger partial charge in [-0.1, -0.05) is 0 Å². The molecule has 9 nitrogen and oxygen atoms in total. The number of hydrogen-bond acceptors (Lipinski definition) is 4. The zero-order valence-corrected chi connectivity index (χ0v) is 18.1. The minimum absolute atomic E-state index is 0.167. The molecule has 2 fully saturated rings. The Morgan fingerprint density at radius 3 is 2.55 bits per heavy atom. The number of carboxylic acid groups (broad SMARTS) is 1. The summed E-state index contributed by atoms with van der Waals surface area (Å²) in [4.78, 5) is 37.8. The molecule has 33 heavy (non-hydrogen) atoms. The van der Waals surface area contributed by atoms with Crippen molar-refractivity contribution in [1.29, 1.82) is 0 Å². The first-order valence-corrected chi connectivity index (χ1v) is 11.0. The number of piperidine rings is 1. The van der Waals surface area contributed by atoms with Gasteiger partial charge in [0.05, 0.1) is 6.04 Å². The van der Waals surface area contributed by atoms with Gasteiger partial charge in [-0.2, -0.15) is 0 Å². The average molecular weight is 453 g/mol. The smallest absolute Gasteiger partial charge is 0.407 e. The molecule has 2 aromatic heterocycles. The molecule has 10 heteroatoms. The highest BCUT2D eigenvalue weighted by Crippen LogP contribution is 2.29. The molecule has 1 aromatic carbocycles. The Kier molecular flexibility index (Phi) is 5.15. The maximum Gasteiger partial charge on any atom is 0.407 e. The molecule has 2 aliphatic rings. The third-order valence-electron chi connectivity index (χ3n) is 6.46. The molecule has 0 radical (unpaired) electrons. The lowest BCUT2D eigenvalue weighted by molar-refractivity contribution is 0.0950. The van der Waals surface area contributed by atoms with Gasteiger partial charge in [0.15, 0.2) is 5.65 Å². The first-order chi connectivity index (χ1) is 15.8. The van der Waals surface area contributed by atoms with Gasteiger partial charge in [0.2, 0.25) is 0 Å². The zero-order valence-electron chi connectivity index (χ0n) is 18.1. The molecular weight excluding hydrogens is 429 g/mol. The van der Waals surface area contributed by atoms with Crippen LogP contribution >= 0.6 is 0 Å². The number of amides is 2. The summed E-state index contributed by atoms with van der Waals surface area (Å²) in [6.07, 6.45) is 3.52. The first kappa shape index (κ1) is 21.2. The molecule has 3 aromatic rings. The molecule has 0 spiro atoms. The molecule has 0 bridgehead atoms. The van der Waals surface area contributed by atoms with Crippen molar-refractivity contribution in [2.75, 3.05) is 13.1 Å². The minimum Gasteiger partial charge on any atom is -0.465 e. The standard InChI is InChI=1S/C23H24FN5O4/c1-13-18(10-15(11-19(13)24)21(30)25-16-2-3-16)14-4-9-28-20(12-14)26-29(22(28)31)17-5-7-27(8-6-17)23(32)33/h4,9-12,16-17H,2-3,5-8H2,1H3,(H,25,30)(H,32,33). The monoisotopic (exact) mass is 453 g/mol. The van der Waals surface area contributed by atoms with Crippen molar-refractivity contribution in [2.24, 2.45) is 0 Å². The summed E-state index contributed by atoms with van der Waals surface area (Å²) in [7, 11) is 0. The Bertz CT molecular complexity index is 1320. The number of halogens is 1. The lowest BCUT2D eigenvalue weighted by atomic mass is 9.98. The lowest BCUT2D eigenvalue weighted by Gasteiger charge is -2.29. The Balaban J connectivity index is 1.48. The third kappa shape index (κ3) is 3.96. The van der Waals surface area contributed by atoms with Crippen LogP contribution in [0.5, 0.6) is 0 Å². The van der Waals surface area contributed by atoms with Crippen LogP contribution < -0.4 is 11.0 Å². The lowest BCUT2D eigenvalue weighted by Crippen LogP contribution is -2.40. The zero-order chi connectivity index (χ0) is 23.3. The molecule has 5 rings (SSSR count). The predicted molar refractivity (Wildman–Crippen MR) is 118 cm³/mol. The topological polar surface area (TPSA) is 109 Å². The van der Waals surface area contributed by atoms with Crippen molar-refractivity contribution in [3.05, 3.63) is 57.9 Å². The highest BCUT2D eigenvalue weighted by molar-refractivity contribution is 5.96. The Hall–Kier alpha value is -3.69. The van der Waals surface area contributed by atoms with Crippen LogP contribution in [-0.2, 0) is 0 Å². The van der Waals surface area contributed by atoms with Crippen molar-refractivity contribution in [2.45, 2.75) is 44.7 Å². The number of hydrogen-bond donors (Lipinski definition) is 2. The molecule has 172 valence electrons. The van der Waals surface area contributed by atoms with E-state index >= 15 is 0 Å². The maximum atomic E-state index is 14.7. The quantitative estimate of drug-likeness (QED) is 0.632. The van der Waals surface area contributed by atoms with E-state index in [4.69, 9.17) is 5.11 Å². The largest absolute Gasteiger partial charge is 0.465 e. The third-order valence-corrected chi connectivity index (χ3v) is 6.46. The first-order valence-electron chi connectivity index (χ1n) is 11.0. The van der Waals surface area contributed by atoms with Crippen molar-refractivity contribution in [3.63, 3.8) is 0 Å². The van der Waals surface area contributed by atoms with Gasteiger partial charge >= 0.3 is 11.8 Å². The number of fused-ring (bicyclic) bond motifs is 1. The number of rotatable bonds is 4. The van der Waals surface area contributed by atoms with Gasteiger partial charge in [0.25, 0.3) is 5.91 Å². The number of carbonyl (C=O) groups excluding carboxylic acids is 1. The summed E-state index contributed by atoms with van der Waals surface area (Å²) in [6, 6.07) is 6.30. The van der Waals surface area contributed by atoms with Crippen LogP contribution in [0.15, 0.2) is 35.3 Å². The summed E-state index contributed by atoms with van der Waals surface area (Å²) < 4.78 is 17.5. The number of carbonyl (C=O) groups is 2. The number of nitrogens with zero attached hydrogens (tertiary/aromatic N) is 4. The minimum atomic E-state index is -0.962. The van der Waals surface area contributed by atoms with Crippen LogP contribution in [0.2, 0.25) is 0 Å². The fourth-order valence-corrected chi connectivity index (χ4v) is 4.30. The summed E-state index contributed by atoms with van der Waals surface area (Å²) >= 11 is 0. The summed E-state index contributed by atoms with van der Waals surface area (Å²) in [5.41, 5.74) is 1.99. The van der Waals surface area contributed by atoms with Crippen LogP contribution in [-0.4, -0.2) is 55.3 Å². The molecule has 2 N–H and O–H groups in total. The second kappa shape index (κ2) is 8.02. The van der Waals surface area contributed by atoms with E-state index in [9.17, 15) is 18.8 Å². The predicted octanol–water partition coefficient (Wildman–Crippen LogP) is 2.82. The summed E-state index contributed by atoms with van der Waals surface area (Å²) in [5.74, 6) is -0.770. The summed E-state index contributed by atoms with van der Waals surface area (Å²) in [6.45, 7) is 2.35. The SMILES string of the molecule is Cc1c(F)cc(C(=O)NC2CC2)cc1-c1ccn2c(=O)n(C3CCN(C(=O)O)CC3)nc2c1. The Labute approximate surface area is 188 Å². The number of likely N-dealkylation sites (tertiary alicyclic amines) is 1. The van der Waals surface area contributed by atoms with Crippen molar-refractivity contribution < 1.29 is 19.1 Å². The van der Waals surface area contributed by atoms with E-state index in [1.165, 1.54) is 20.0 Å². The molecule has 1 aliphatic heterocycles. The average Bonchev–Trinajstić information content (AvgIpc) is 3.56. The number of aromatic nitrogens is 3. The van der Waals surface area contributed by atoms with Crippen LogP contribution in [0.1, 0.15) is 47.6 Å². The van der Waals surface area contributed by atoms with E-state index in [2.05, 4.69) is 10.4 Å². The van der Waals surface area contributed by atoms with Crippen LogP contribution in [0.4, 0.5) is 9.18 Å². The molecule has 1 saturated heterocycles. The molecule has 1 aliphatic carbocycles. The fourth-order valence-electron chi connectivity index (χ4n) is 4.30. The molecule has 2 amide bonds. The summed E-state index contributed by atoms with van der Waals surface area (Å²) in [5, 5.41) is 16.5. The van der Waals surface area contributed by atoms with E-state index < -0.39 is 11.9 Å². The normalized spacial score (nSPS) is 16.8. The van der Waals surface area contributed by atoms with Crippen LogP contribution in [0.25, 0.3) is 16.8 Å². The van der Waals surface area contributed by atoms with Crippen LogP contribution in [0.3, 0.4) is 0 Å². The molecule has 0 atom stereocenters. The van der Waals surface area contributed by atoms with Gasteiger partial charge in [-0.25, -0.2) is 18.7 Å². The maximum absolute atomic E-state index is 14.7. The van der Waals surface area contributed by atoms with E-state index in [1.54, 1.807) is 31.3 Å². The molecule has 1 saturated carbocycles. The van der Waals surface area contributed by atoms with E-state index in [0.29, 0.717) is 48.3 Å². The Morgan fingerprint density at radius 1 is 1.15 bits per heavy atom. The molecular formula is C23H24FN5O4. The molecule has 3 heterocycles. The highest BCUT2D eigenvalue weighted by atomic mass is 19.1.